The maximum Gasteiger partial charge on any atom is 0.165 e. The fourth-order valence-corrected chi connectivity index (χ4v) is 1.95. The van der Waals surface area contributed by atoms with Crippen molar-refractivity contribution in [3.8, 4) is 28.4 Å². The zero-order valence-electron chi connectivity index (χ0n) is 11.6. The number of ether oxygens (including phenoxy) is 3. The normalized spacial score (nSPS) is 10.3. The van der Waals surface area contributed by atoms with Crippen molar-refractivity contribution in [1.29, 1.82) is 0 Å². The van der Waals surface area contributed by atoms with E-state index < -0.39 is 0 Å². The Morgan fingerprint density at radius 3 is 2.30 bits per heavy atom. The summed E-state index contributed by atoms with van der Waals surface area (Å²) in [6.45, 7) is 0.969. The van der Waals surface area contributed by atoms with E-state index in [1.54, 1.807) is 13.2 Å². The van der Waals surface area contributed by atoms with E-state index in [1.165, 1.54) is 7.11 Å². The van der Waals surface area contributed by atoms with Crippen LogP contribution in [-0.2, 0) is 4.74 Å². The van der Waals surface area contributed by atoms with Crippen molar-refractivity contribution in [1.82, 2.24) is 0 Å². The first-order valence-electron chi connectivity index (χ1n) is 6.35. The Bertz CT molecular complexity index is 566. The molecule has 0 bridgehead atoms. The molecule has 0 spiro atoms. The second-order valence-electron chi connectivity index (χ2n) is 4.19. The van der Waals surface area contributed by atoms with E-state index in [0.717, 1.165) is 5.56 Å². The van der Waals surface area contributed by atoms with Crippen molar-refractivity contribution in [3.05, 3.63) is 42.5 Å². The molecule has 20 heavy (non-hydrogen) atoms. The van der Waals surface area contributed by atoms with Crippen LogP contribution in [0.4, 0.5) is 0 Å². The van der Waals surface area contributed by atoms with Gasteiger partial charge in [0.15, 0.2) is 11.5 Å². The lowest BCUT2D eigenvalue weighted by atomic mass is 10.0. The van der Waals surface area contributed by atoms with Gasteiger partial charge in [-0.3, -0.25) is 0 Å². The van der Waals surface area contributed by atoms with Crippen LogP contribution in [-0.4, -0.2) is 32.5 Å². The highest BCUT2D eigenvalue weighted by Crippen LogP contribution is 2.40. The summed E-state index contributed by atoms with van der Waals surface area (Å²) >= 11 is 0. The molecule has 0 aliphatic carbocycles. The molecule has 1 N–H and O–H groups in total. The SMILES string of the molecule is COCCOc1ccccc1-c1cccc(OC)c1O. The summed E-state index contributed by atoms with van der Waals surface area (Å²) in [5, 5.41) is 10.2. The number of methoxy groups -OCH3 is 2. The van der Waals surface area contributed by atoms with Crippen molar-refractivity contribution < 1.29 is 19.3 Å². The van der Waals surface area contributed by atoms with Gasteiger partial charge < -0.3 is 19.3 Å². The van der Waals surface area contributed by atoms with Crippen LogP contribution >= 0.6 is 0 Å². The lowest BCUT2D eigenvalue weighted by Crippen LogP contribution is -2.05. The van der Waals surface area contributed by atoms with E-state index in [1.807, 2.05) is 36.4 Å². The first-order chi connectivity index (χ1) is 9.77. The quantitative estimate of drug-likeness (QED) is 0.822. The molecular weight excluding hydrogens is 256 g/mol. The number of hydrogen-bond donors (Lipinski definition) is 1. The van der Waals surface area contributed by atoms with Crippen molar-refractivity contribution in [3.63, 3.8) is 0 Å². The van der Waals surface area contributed by atoms with Crippen LogP contribution in [0.2, 0.25) is 0 Å². The Morgan fingerprint density at radius 1 is 0.850 bits per heavy atom. The Morgan fingerprint density at radius 2 is 1.55 bits per heavy atom. The van der Waals surface area contributed by atoms with Crippen molar-refractivity contribution in [2.75, 3.05) is 27.4 Å². The molecule has 4 nitrogen and oxygen atoms in total. The average molecular weight is 274 g/mol. The molecule has 0 radical (unpaired) electrons. The summed E-state index contributed by atoms with van der Waals surface area (Å²) in [5.74, 6) is 1.25. The van der Waals surface area contributed by atoms with Gasteiger partial charge in [-0.05, 0) is 12.1 Å². The second kappa shape index (κ2) is 6.82. The van der Waals surface area contributed by atoms with Gasteiger partial charge in [0, 0.05) is 18.2 Å². The van der Waals surface area contributed by atoms with Gasteiger partial charge in [-0.2, -0.15) is 0 Å². The highest BCUT2D eigenvalue weighted by molar-refractivity contribution is 5.77. The number of rotatable bonds is 6. The molecule has 0 aromatic heterocycles. The molecule has 0 aliphatic rings. The predicted molar refractivity (Wildman–Crippen MR) is 77.5 cm³/mol. The minimum Gasteiger partial charge on any atom is -0.504 e. The number of benzene rings is 2. The molecule has 2 aromatic rings. The molecule has 4 heteroatoms. The maximum absolute atomic E-state index is 10.2. The first-order valence-corrected chi connectivity index (χ1v) is 6.35. The Hall–Kier alpha value is -2.20. The van der Waals surface area contributed by atoms with Crippen LogP contribution in [0.15, 0.2) is 42.5 Å². The van der Waals surface area contributed by atoms with Gasteiger partial charge in [0.05, 0.1) is 13.7 Å². The third-order valence-corrected chi connectivity index (χ3v) is 2.94. The second-order valence-corrected chi connectivity index (χ2v) is 4.19. The van der Waals surface area contributed by atoms with Crippen LogP contribution < -0.4 is 9.47 Å². The van der Waals surface area contributed by atoms with E-state index in [2.05, 4.69) is 0 Å². The van der Waals surface area contributed by atoms with Crippen LogP contribution in [0.25, 0.3) is 11.1 Å². The summed E-state index contributed by atoms with van der Waals surface area (Å²) in [6, 6.07) is 12.9. The Labute approximate surface area is 118 Å². The Balaban J connectivity index is 2.37. The van der Waals surface area contributed by atoms with Crippen molar-refractivity contribution >= 4 is 0 Å². The highest BCUT2D eigenvalue weighted by atomic mass is 16.5. The number of para-hydroxylation sites is 2. The zero-order chi connectivity index (χ0) is 14.4. The van der Waals surface area contributed by atoms with Crippen LogP contribution in [0.1, 0.15) is 0 Å². The maximum atomic E-state index is 10.2. The van der Waals surface area contributed by atoms with E-state index in [9.17, 15) is 5.11 Å². The standard InChI is InChI=1S/C16H18O4/c1-18-10-11-20-14-8-4-3-6-12(14)13-7-5-9-15(19-2)16(13)17/h3-9,17H,10-11H2,1-2H3. The zero-order valence-corrected chi connectivity index (χ0v) is 11.6. The van der Waals surface area contributed by atoms with Gasteiger partial charge in [-0.1, -0.05) is 30.3 Å². The molecule has 106 valence electrons. The lowest BCUT2D eigenvalue weighted by Gasteiger charge is -2.13. The largest absolute Gasteiger partial charge is 0.504 e. The summed E-state index contributed by atoms with van der Waals surface area (Å²) in [4.78, 5) is 0. The molecule has 0 saturated carbocycles. The number of hydrogen-bond acceptors (Lipinski definition) is 4. The molecule has 0 saturated heterocycles. The predicted octanol–water partition coefficient (Wildman–Crippen LogP) is 3.09. The smallest absolute Gasteiger partial charge is 0.165 e. The molecule has 0 fully saturated rings. The molecule has 0 unspecified atom stereocenters. The molecule has 0 aliphatic heterocycles. The fourth-order valence-electron chi connectivity index (χ4n) is 1.95. The van der Waals surface area contributed by atoms with Crippen molar-refractivity contribution in [2.24, 2.45) is 0 Å². The van der Waals surface area contributed by atoms with Gasteiger partial charge in [0.2, 0.25) is 0 Å². The Kier molecular flexibility index (Phi) is 4.85. The summed E-state index contributed by atoms with van der Waals surface area (Å²) < 4.78 is 15.8. The lowest BCUT2D eigenvalue weighted by molar-refractivity contribution is 0.146. The van der Waals surface area contributed by atoms with Crippen LogP contribution in [0, 0.1) is 0 Å². The summed E-state index contributed by atoms with van der Waals surface area (Å²) in [7, 11) is 3.16. The fraction of sp³-hybridized carbons (Fsp3) is 0.250. The third-order valence-electron chi connectivity index (χ3n) is 2.94. The number of phenolic OH excluding ortho intramolecular Hbond substituents is 1. The number of aromatic hydroxyl groups is 1. The van der Waals surface area contributed by atoms with Gasteiger partial charge in [-0.25, -0.2) is 0 Å². The summed E-state index contributed by atoms with van der Waals surface area (Å²) in [5.41, 5.74) is 1.50. The highest BCUT2D eigenvalue weighted by Gasteiger charge is 2.13. The molecule has 2 aromatic carbocycles. The molecule has 0 amide bonds. The van der Waals surface area contributed by atoms with Gasteiger partial charge in [-0.15, -0.1) is 0 Å². The minimum atomic E-state index is 0.109. The first kappa shape index (κ1) is 14.2. The van der Waals surface area contributed by atoms with Crippen LogP contribution in [0.3, 0.4) is 0 Å². The molecular formula is C16H18O4. The number of phenols is 1. The van der Waals surface area contributed by atoms with Crippen LogP contribution in [0.5, 0.6) is 17.2 Å². The minimum absolute atomic E-state index is 0.109. The van der Waals surface area contributed by atoms with Gasteiger partial charge in [0.25, 0.3) is 0 Å². The monoisotopic (exact) mass is 274 g/mol. The van der Waals surface area contributed by atoms with E-state index in [4.69, 9.17) is 14.2 Å². The van der Waals surface area contributed by atoms with E-state index in [-0.39, 0.29) is 5.75 Å². The summed E-state index contributed by atoms with van der Waals surface area (Å²) in [6.07, 6.45) is 0. The van der Waals surface area contributed by atoms with E-state index >= 15 is 0 Å². The van der Waals surface area contributed by atoms with Crippen molar-refractivity contribution in [2.45, 2.75) is 0 Å². The van der Waals surface area contributed by atoms with Gasteiger partial charge >= 0.3 is 0 Å². The average Bonchev–Trinajstić information content (AvgIpc) is 2.48. The topological polar surface area (TPSA) is 47.9 Å². The molecule has 0 atom stereocenters. The molecule has 2 rings (SSSR count). The third kappa shape index (κ3) is 3.03. The van der Waals surface area contributed by atoms with E-state index in [0.29, 0.717) is 30.3 Å². The van der Waals surface area contributed by atoms with Gasteiger partial charge in [0.1, 0.15) is 12.4 Å². The molecule has 0 heterocycles.